The third-order valence-electron chi connectivity index (χ3n) is 4.84. The number of carbonyl (C=O) groups excluding carboxylic acids is 2. The van der Waals surface area contributed by atoms with Gasteiger partial charge in [-0.3, -0.25) is 9.59 Å². The smallest absolute Gasteiger partial charge is 0.237 e. The zero-order valence-corrected chi connectivity index (χ0v) is 19.1. The average Bonchev–Trinajstić information content (AvgIpc) is 3.26. The van der Waals surface area contributed by atoms with Crippen molar-refractivity contribution in [3.8, 4) is 11.4 Å². The Morgan fingerprint density at radius 2 is 1.81 bits per heavy atom. The molecule has 0 aliphatic carbocycles. The monoisotopic (exact) mass is 454 g/mol. The third-order valence-corrected chi connectivity index (χ3v) is 5.74. The molecule has 3 rings (SSSR count). The van der Waals surface area contributed by atoms with Gasteiger partial charge in [0.25, 0.3) is 0 Å². The van der Waals surface area contributed by atoms with E-state index in [1.807, 2.05) is 24.3 Å². The summed E-state index contributed by atoms with van der Waals surface area (Å²) in [7, 11) is 1.57. The topological polar surface area (TPSA) is 116 Å². The number of methoxy groups -OCH3 is 1. The Bertz CT molecular complexity index is 1050. The Morgan fingerprint density at radius 1 is 1.12 bits per heavy atom. The molecule has 168 valence electrons. The lowest BCUT2D eigenvalue weighted by atomic mass is 10.0. The number of thioether (sulfide) groups is 1. The first-order valence-corrected chi connectivity index (χ1v) is 11.1. The van der Waals surface area contributed by atoms with Crippen LogP contribution < -0.4 is 15.4 Å². The molecule has 0 saturated carbocycles. The third kappa shape index (κ3) is 5.85. The molecule has 2 amide bonds. The van der Waals surface area contributed by atoms with Crippen LogP contribution in [0, 0.1) is 0 Å². The predicted octanol–water partition coefficient (Wildman–Crippen LogP) is 2.80. The van der Waals surface area contributed by atoms with Crippen LogP contribution in [0.2, 0.25) is 0 Å². The standard InChI is InChI=1S/C22H26N6O3S/c1-15(2)16-4-6-18(7-5-16)28-22(24-25-26-28)32-14-21(30)27(13-12-20(23)29)17-8-10-19(31-3)11-9-17/h4-11,15H,12-14H2,1-3H3,(H2,23,29). The molecule has 3 aromatic rings. The summed E-state index contributed by atoms with van der Waals surface area (Å²) in [5.41, 5.74) is 7.98. The molecule has 0 aliphatic rings. The van der Waals surface area contributed by atoms with Crippen molar-refractivity contribution >= 4 is 29.3 Å². The highest BCUT2D eigenvalue weighted by molar-refractivity contribution is 7.99. The molecule has 0 saturated heterocycles. The highest BCUT2D eigenvalue weighted by Gasteiger charge is 2.19. The van der Waals surface area contributed by atoms with Crippen LogP contribution in [0.3, 0.4) is 0 Å². The molecule has 0 aliphatic heterocycles. The number of rotatable bonds is 10. The lowest BCUT2D eigenvalue weighted by molar-refractivity contribution is -0.118. The molecule has 0 fully saturated rings. The van der Waals surface area contributed by atoms with Gasteiger partial charge < -0.3 is 15.4 Å². The molecule has 0 radical (unpaired) electrons. The fraction of sp³-hybridized carbons (Fsp3) is 0.318. The van der Waals surface area contributed by atoms with Crippen LogP contribution in [0.15, 0.2) is 53.7 Å². The number of hydrogen-bond donors (Lipinski definition) is 1. The fourth-order valence-electron chi connectivity index (χ4n) is 3.02. The Morgan fingerprint density at radius 3 is 2.41 bits per heavy atom. The number of anilines is 1. The number of nitrogens with zero attached hydrogens (tertiary/aromatic N) is 5. The molecule has 9 nitrogen and oxygen atoms in total. The van der Waals surface area contributed by atoms with E-state index >= 15 is 0 Å². The summed E-state index contributed by atoms with van der Waals surface area (Å²) in [6, 6.07) is 15.0. The molecule has 0 atom stereocenters. The maximum atomic E-state index is 13.0. The quantitative estimate of drug-likeness (QED) is 0.468. The first kappa shape index (κ1) is 23.3. The Balaban J connectivity index is 1.73. The Labute approximate surface area is 190 Å². The minimum Gasteiger partial charge on any atom is -0.497 e. The summed E-state index contributed by atoms with van der Waals surface area (Å²) in [4.78, 5) is 25.8. The fourth-order valence-corrected chi connectivity index (χ4v) is 3.78. The van der Waals surface area contributed by atoms with Crippen LogP contribution in [0.1, 0.15) is 31.7 Å². The molecule has 2 aromatic carbocycles. The summed E-state index contributed by atoms with van der Waals surface area (Å²) in [6.45, 7) is 4.44. The highest BCUT2D eigenvalue weighted by atomic mass is 32.2. The van der Waals surface area contributed by atoms with E-state index in [2.05, 4.69) is 29.4 Å². The van der Waals surface area contributed by atoms with Gasteiger partial charge >= 0.3 is 0 Å². The van der Waals surface area contributed by atoms with E-state index in [1.54, 1.807) is 36.1 Å². The molecule has 2 N–H and O–H groups in total. The number of aromatic nitrogens is 4. The summed E-state index contributed by atoms with van der Waals surface area (Å²) < 4.78 is 6.77. The Kier molecular flexibility index (Phi) is 7.82. The number of hydrogen-bond acceptors (Lipinski definition) is 7. The molecule has 32 heavy (non-hydrogen) atoms. The van der Waals surface area contributed by atoms with Gasteiger partial charge in [-0.25, -0.2) is 0 Å². The minimum absolute atomic E-state index is 0.0579. The van der Waals surface area contributed by atoms with Gasteiger partial charge in [-0.2, -0.15) is 4.68 Å². The van der Waals surface area contributed by atoms with Gasteiger partial charge in [0.1, 0.15) is 5.75 Å². The van der Waals surface area contributed by atoms with E-state index < -0.39 is 5.91 Å². The molecular formula is C22H26N6O3S. The second-order valence-electron chi connectivity index (χ2n) is 7.37. The van der Waals surface area contributed by atoms with Crippen molar-refractivity contribution in [1.29, 1.82) is 0 Å². The van der Waals surface area contributed by atoms with Crippen LogP contribution in [0.5, 0.6) is 5.75 Å². The van der Waals surface area contributed by atoms with E-state index in [0.717, 1.165) is 5.69 Å². The van der Waals surface area contributed by atoms with Crippen molar-refractivity contribution < 1.29 is 14.3 Å². The minimum atomic E-state index is -0.474. The first-order chi connectivity index (χ1) is 15.4. The SMILES string of the molecule is COc1ccc(N(CCC(N)=O)C(=O)CSc2nnnn2-c2ccc(C(C)C)cc2)cc1. The van der Waals surface area contributed by atoms with Crippen molar-refractivity contribution in [3.05, 3.63) is 54.1 Å². The summed E-state index contributed by atoms with van der Waals surface area (Å²) in [5, 5.41) is 12.4. The second kappa shape index (κ2) is 10.8. The normalized spacial score (nSPS) is 10.9. The van der Waals surface area contributed by atoms with E-state index in [-0.39, 0.29) is 24.6 Å². The van der Waals surface area contributed by atoms with Crippen molar-refractivity contribution in [2.45, 2.75) is 31.3 Å². The maximum Gasteiger partial charge on any atom is 0.237 e. The summed E-state index contributed by atoms with van der Waals surface area (Å²) >= 11 is 1.23. The van der Waals surface area contributed by atoms with Crippen LogP contribution >= 0.6 is 11.8 Å². The lowest BCUT2D eigenvalue weighted by Crippen LogP contribution is -2.35. The highest BCUT2D eigenvalue weighted by Crippen LogP contribution is 2.24. The zero-order valence-electron chi connectivity index (χ0n) is 18.3. The molecule has 1 aromatic heterocycles. The van der Waals surface area contributed by atoms with E-state index in [1.165, 1.54) is 22.2 Å². The molecule has 1 heterocycles. The zero-order chi connectivity index (χ0) is 23.1. The largest absolute Gasteiger partial charge is 0.497 e. The molecule has 0 bridgehead atoms. The van der Waals surface area contributed by atoms with E-state index in [4.69, 9.17) is 10.5 Å². The summed E-state index contributed by atoms with van der Waals surface area (Å²) in [5.74, 6) is 0.528. The maximum absolute atomic E-state index is 13.0. The number of primary amides is 1. The Hall–Kier alpha value is -3.40. The number of benzene rings is 2. The first-order valence-electron chi connectivity index (χ1n) is 10.1. The average molecular weight is 455 g/mol. The number of amides is 2. The van der Waals surface area contributed by atoms with Crippen LogP contribution in [0.25, 0.3) is 5.69 Å². The van der Waals surface area contributed by atoms with Crippen LogP contribution in [0.4, 0.5) is 5.69 Å². The molecular weight excluding hydrogens is 428 g/mol. The molecule has 0 unspecified atom stereocenters. The van der Waals surface area contributed by atoms with Crippen molar-refractivity contribution in [2.75, 3.05) is 24.3 Å². The van der Waals surface area contributed by atoms with Gasteiger partial charge in [-0.05, 0) is 58.3 Å². The number of carbonyl (C=O) groups is 2. The van der Waals surface area contributed by atoms with Crippen molar-refractivity contribution in [2.24, 2.45) is 5.73 Å². The van der Waals surface area contributed by atoms with Gasteiger partial charge in [-0.15, -0.1) is 5.10 Å². The lowest BCUT2D eigenvalue weighted by Gasteiger charge is -2.22. The van der Waals surface area contributed by atoms with Gasteiger partial charge in [0, 0.05) is 18.7 Å². The molecule has 0 spiro atoms. The van der Waals surface area contributed by atoms with E-state index in [9.17, 15) is 9.59 Å². The van der Waals surface area contributed by atoms with Gasteiger partial charge in [0.15, 0.2) is 0 Å². The number of tetrazole rings is 1. The second-order valence-corrected chi connectivity index (χ2v) is 8.31. The van der Waals surface area contributed by atoms with Crippen LogP contribution in [-0.4, -0.2) is 51.4 Å². The number of nitrogens with two attached hydrogens (primary N) is 1. The molecule has 10 heteroatoms. The van der Waals surface area contributed by atoms with E-state index in [0.29, 0.717) is 22.5 Å². The number of ether oxygens (including phenoxy) is 1. The van der Waals surface area contributed by atoms with Crippen molar-refractivity contribution in [3.63, 3.8) is 0 Å². The van der Waals surface area contributed by atoms with Gasteiger partial charge in [-0.1, -0.05) is 37.7 Å². The van der Waals surface area contributed by atoms with Crippen molar-refractivity contribution in [1.82, 2.24) is 20.2 Å². The van der Waals surface area contributed by atoms with Gasteiger partial charge in [0.2, 0.25) is 17.0 Å². The summed E-state index contributed by atoms with van der Waals surface area (Å²) in [6.07, 6.45) is 0.0579. The predicted molar refractivity (Wildman–Crippen MR) is 123 cm³/mol. The van der Waals surface area contributed by atoms with Gasteiger partial charge in [0.05, 0.1) is 18.6 Å². The van der Waals surface area contributed by atoms with Crippen LogP contribution in [-0.2, 0) is 9.59 Å².